The lowest BCUT2D eigenvalue weighted by atomic mass is 10.0. The molecule has 1 aliphatic rings. The number of esters is 1. The SMILES string of the molecule is CCNCC1CCCCN1CC(=O)OC(C)C. The van der Waals surface area contributed by atoms with Crippen LogP contribution in [0, 0.1) is 0 Å². The van der Waals surface area contributed by atoms with E-state index in [1.165, 1.54) is 19.3 Å². The van der Waals surface area contributed by atoms with E-state index in [9.17, 15) is 4.79 Å². The van der Waals surface area contributed by atoms with Crippen LogP contribution in [0.3, 0.4) is 0 Å². The number of piperidine rings is 1. The van der Waals surface area contributed by atoms with Crippen molar-refractivity contribution in [1.82, 2.24) is 10.2 Å². The molecule has 0 radical (unpaired) electrons. The number of likely N-dealkylation sites (N-methyl/N-ethyl adjacent to an activating group) is 1. The van der Waals surface area contributed by atoms with Crippen molar-refractivity contribution in [1.29, 1.82) is 0 Å². The largest absolute Gasteiger partial charge is 0.462 e. The predicted molar refractivity (Wildman–Crippen MR) is 69.0 cm³/mol. The molecule has 1 unspecified atom stereocenters. The molecule has 0 aromatic heterocycles. The molecule has 0 aromatic rings. The Morgan fingerprint density at radius 3 is 2.88 bits per heavy atom. The maximum absolute atomic E-state index is 11.7. The van der Waals surface area contributed by atoms with Gasteiger partial charge in [-0.2, -0.15) is 0 Å². The molecule has 1 saturated heterocycles. The molecule has 100 valence electrons. The van der Waals surface area contributed by atoms with E-state index in [-0.39, 0.29) is 12.1 Å². The molecule has 0 spiro atoms. The van der Waals surface area contributed by atoms with Crippen molar-refractivity contribution in [2.24, 2.45) is 0 Å². The Morgan fingerprint density at radius 2 is 2.24 bits per heavy atom. The maximum Gasteiger partial charge on any atom is 0.320 e. The summed E-state index contributed by atoms with van der Waals surface area (Å²) >= 11 is 0. The zero-order valence-corrected chi connectivity index (χ0v) is 11.4. The number of carbonyl (C=O) groups is 1. The van der Waals surface area contributed by atoms with E-state index in [1.807, 2.05) is 13.8 Å². The van der Waals surface area contributed by atoms with Gasteiger partial charge in [-0.05, 0) is 39.8 Å². The van der Waals surface area contributed by atoms with Gasteiger partial charge in [0, 0.05) is 12.6 Å². The molecule has 1 aliphatic heterocycles. The molecule has 1 atom stereocenters. The van der Waals surface area contributed by atoms with E-state index in [2.05, 4.69) is 17.1 Å². The van der Waals surface area contributed by atoms with Gasteiger partial charge < -0.3 is 10.1 Å². The minimum absolute atomic E-state index is 0.0143. The minimum atomic E-state index is -0.0941. The van der Waals surface area contributed by atoms with Gasteiger partial charge in [-0.15, -0.1) is 0 Å². The Bertz CT molecular complexity index is 231. The Balaban J connectivity index is 2.38. The first kappa shape index (κ1) is 14.5. The van der Waals surface area contributed by atoms with Gasteiger partial charge in [0.15, 0.2) is 0 Å². The molecule has 0 bridgehead atoms. The van der Waals surface area contributed by atoms with Gasteiger partial charge in [-0.25, -0.2) is 0 Å². The molecule has 1 fully saturated rings. The van der Waals surface area contributed by atoms with Crippen LogP contribution < -0.4 is 5.32 Å². The average Bonchev–Trinajstić information content (AvgIpc) is 2.26. The van der Waals surface area contributed by atoms with Gasteiger partial charge in [0.05, 0.1) is 12.6 Å². The fraction of sp³-hybridized carbons (Fsp3) is 0.923. The van der Waals surface area contributed by atoms with Crippen molar-refractivity contribution in [3.05, 3.63) is 0 Å². The van der Waals surface area contributed by atoms with E-state index >= 15 is 0 Å². The van der Waals surface area contributed by atoms with Crippen molar-refractivity contribution >= 4 is 5.97 Å². The summed E-state index contributed by atoms with van der Waals surface area (Å²) in [6.07, 6.45) is 3.63. The quantitative estimate of drug-likeness (QED) is 0.715. The molecule has 0 aliphatic carbocycles. The van der Waals surface area contributed by atoms with Gasteiger partial charge in [-0.1, -0.05) is 13.3 Å². The highest BCUT2D eigenvalue weighted by molar-refractivity contribution is 5.71. The minimum Gasteiger partial charge on any atom is -0.462 e. The van der Waals surface area contributed by atoms with E-state index in [1.54, 1.807) is 0 Å². The topological polar surface area (TPSA) is 41.6 Å². The summed E-state index contributed by atoms with van der Waals surface area (Å²) in [6.45, 7) is 9.32. The standard InChI is InChI=1S/C13H26N2O2/c1-4-14-9-12-7-5-6-8-15(12)10-13(16)17-11(2)3/h11-12,14H,4-10H2,1-3H3. The third-order valence-corrected chi connectivity index (χ3v) is 3.08. The highest BCUT2D eigenvalue weighted by atomic mass is 16.5. The zero-order chi connectivity index (χ0) is 12.7. The van der Waals surface area contributed by atoms with Crippen molar-refractivity contribution in [3.63, 3.8) is 0 Å². The van der Waals surface area contributed by atoms with E-state index < -0.39 is 0 Å². The van der Waals surface area contributed by atoms with Crippen LogP contribution in [0.25, 0.3) is 0 Å². The van der Waals surface area contributed by atoms with Crippen LogP contribution in [0.4, 0.5) is 0 Å². The van der Waals surface area contributed by atoms with Crippen LogP contribution in [0.2, 0.25) is 0 Å². The first-order chi connectivity index (χ1) is 8.13. The van der Waals surface area contributed by atoms with Crippen LogP contribution in [0.1, 0.15) is 40.0 Å². The van der Waals surface area contributed by atoms with E-state index in [4.69, 9.17) is 4.74 Å². The van der Waals surface area contributed by atoms with Crippen LogP contribution in [0.5, 0.6) is 0 Å². The number of hydrogen-bond donors (Lipinski definition) is 1. The van der Waals surface area contributed by atoms with Crippen molar-refractivity contribution in [3.8, 4) is 0 Å². The number of carbonyl (C=O) groups excluding carboxylic acids is 1. The summed E-state index contributed by atoms with van der Waals surface area (Å²) in [6, 6.07) is 0.489. The molecule has 4 heteroatoms. The van der Waals surface area contributed by atoms with E-state index in [0.29, 0.717) is 12.6 Å². The average molecular weight is 242 g/mol. The van der Waals surface area contributed by atoms with Crippen LogP contribution in [-0.4, -0.2) is 49.2 Å². The van der Waals surface area contributed by atoms with Crippen molar-refractivity contribution < 1.29 is 9.53 Å². The molecule has 0 saturated carbocycles. The monoisotopic (exact) mass is 242 g/mol. The van der Waals surface area contributed by atoms with Crippen molar-refractivity contribution in [2.45, 2.75) is 52.2 Å². The first-order valence-electron chi connectivity index (χ1n) is 6.77. The van der Waals surface area contributed by atoms with Gasteiger partial charge in [0.1, 0.15) is 0 Å². The third-order valence-electron chi connectivity index (χ3n) is 3.08. The second kappa shape index (κ2) is 7.67. The third kappa shape index (κ3) is 5.50. The second-order valence-corrected chi connectivity index (χ2v) is 4.97. The number of hydrogen-bond acceptors (Lipinski definition) is 4. The molecule has 1 rings (SSSR count). The van der Waals surface area contributed by atoms with Gasteiger partial charge >= 0.3 is 5.97 Å². The molecule has 4 nitrogen and oxygen atoms in total. The molecule has 1 heterocycles. The molecule has 1 N–H and O–H groups in total. The fourth-order valence-corrected chi connectivity index (χ4v) is 2.28. The smallest absolute Gasteiger partial charge is 0.320 e. The lowest BCUT2D eigenvalue weighted by molar-refractivity contribution is -0.149. The maximum atomic E-state index is 11.7. The molecule has 0 amide bonds. The molecule has 0 aromatic carbocycles. The summed E-state index contributed by atoms with van der Waals surface area (Å²) in [5.74, 6) is -0.0941. The summed E-state index contributed by atoms with van der Waals surface area (Å²) < 4.78 is 5.20. The molecule has 17 heavy (non-hydrogen) atoms. The number of ether oxygens (including phenoxy) is 1. The molecular weight excluding hydrogens is 216 g/mol. The Kier molecular flexibility index (Phi) is 6.52. The summed E-state index contributed by atoms with van der Waals surface area (Å²) in [7, 11) is 0. The van der Waals surface area contributed by atoms with Gasteiger partial charge in [-0.3, -0.25) is 9.69 Å². The summed E-state index contributed by atoms with van der Waals surface area (Å²) in [5.41, 5.74) is 0. The van der Waals surface area contributed by atoms with Crippen LogP contribution >= 0.6 is 0 Å². The number of rotatable bonds is 6. The Hall–Kier alpha value is -0.610. The number of likely N-dealkylation sites (tertiary alicyclic amines) is 1. The molecular formula is C13H26N2O2. The van der Waals surface area contributed by atoms with Crippen molar-refractivity contribution in [2.75, 3.05) is 26.2 Å². The second-order valence-electron chi connectivity index (χ2n) is 4.97. The van der Waals surface area contributed by atoms with Gasteiger partial charge in [0.25, 0.3) is 0 Å². The fourth-order valence-electron chi connectivity index (χ4n) is 2.28. The highest BCUT2D eigenvalue weighted by Gasteiger charge is 2.24. The summed E-state index contributed by atoms with van der Waals surface area (Å²) in [5, 5.41) is 3.37. The number of nitrogens with zero attached hydrogens (tertiary/aromatic N) is 1. The van der Waals surface area contributed by atoms with Crippen LogP contribution in [-0.2, 0) is 9.53 Å². The van der Waals surface area contributed by atoms with Crippen LogP contribution in [0.15, 0.2) is 0 Å². The Morgan fingerprint density at radius 1 is 1.47 bits per heavy atom. The summed E-state index contributed by atoms with van der Waals surface area (Å²) in [4.78, 5) is 13.9. The van der Waals surface area contributed by atoms with E-state index in [0.717, 1.165) is 19.6 Å². The first-order valence-corrected chi connectivity index (χ1v) is 6.77. The lowest BCUT2D eigenvalue weighted by Crippen LogP contribution is -2.48. The Labute approximate surface area is 105 Å². The lowest BCUT2D eigenvalue weighted by Gasteiger charge is -2.35. The predicted octanol–water partition coefficient (Wildman–Crippen LogP) is 1.40. The highest BCUT2D eigenvalue weighted by Crippen LogP contribution is 2.16. The zero-order valence-electron chi connectivity index (χ0n) is 11.4. The normalized spacial score (nSPS) is 21.8. The van der Waals surface area contributed by atoms with Gasteiger partial charge in [0.2, 0.25) is 0 Å². The number of nitrogens with one attached hydrogen (secondary N) is 1.